The number of hydrogen-bond acceptors (Lipinski definition) is 6. The van der Waals surface area contributed by atoms with Gasteiger partial charge in [0.15, 0.2) is 0 Å². The van der Waals surface area contributed by atoms with Crippen LogP contribution in [-0.2, 0) is 19.1 Å². The Labute approximate surface area is 136 Å². The molecule has 7 nitrogen and oxygen atoms in total. The predicted octanol–water partition coefficient (Wildman–Crippen LogP) is 0.862. The number of nitrogens with two attached hydrogens (primary N) is 1. The van der Waals surface area contributed by atoms with Crippen molar-refractivity contribution in [1.82, 2.24) is 5.32 Å². The van der Waals surface area contributed by atoms with Gasteiger partial charge in [-0.25, -0.2) is 4.79 Å². The van der Waals surface area contributed by atoms with E-state index in [4.69, 9.17) is 10.8 Å². The summed E-state index contributed by atoms with van der Waals surface area (Å²) in [5.74, 6) is -0.440. The molecule has 0 aliphatic heterocycles. The molecule has 0 bridgehead atoms. The number of ether oxygens (including phenoxy) is 1. The summed E-state index contributed by atoms with van der Waals surface area (Å²) in [7, 11) is 1.35. The molecule has 0 spiro atoms. The summed E-state index contributed by atoms with van der Waals surface area (Å²) >= 11 is 1.67. The maximum atomic E-state index is 10.7. The number of carbonyl (C=O) groups excluding carboxylic acids is 2. The molecule has 8 heteroatoms. The molecule has 4 N–H and O–H groups in total. The minimum Gasteiger partial charge on any atom is -0.480 e. The van der Waals surface area contributed by atoms with Crippen molar-refractivity contribution in [2.75, 3.05) is 19.1 Å². The Bertz CT molecular complexity index is 350. The number of methoxy groups -OCH3 is 1. The van der Waals surface area contributed by atoms with E-state index < -0.39 is 18.1 Å². The molecule has 0 aliphatic rings. The number of carboxylic acid groups (broad SMARTS) is 1. The van der Waals surface area contributed by atoms with Gasteiger partial charge in [0.1, 0.15) is 12.1 Å². The standard InChI is InChI=1S/C8H15NO3.C6H13NO2S/c1-5(2)4-7(8(11)12)9-6(3)10;1-9-6(8)5(7)3-4-10-2/h5,7H,4H2,1-3H3,(H,9,10)(H,11,12);5H,3-4,7H2,1-2H3/t7-;5-/m00/s1. The third-order valence-electron chi connectivity index (χ3n) is 2.52. The Morgan fingerprint density at radius 2 is 1.86 bits per heavy atom. The van der Waals surface area contributed by atoms with Crippen LogP contribution in [0.2, 0.25) is 0 Å². The molecule has 0 unspecified atom stereocenters. The topological polar surface area (TPSA) is 119 Å². The number of hydrogen-bond donors (Lipinski definition) is 3. The Balaban J connectivity index is 0. The molecule has 2 atom stereocenters. The van der Waals surface area contributed by atoms with Gasteiger partial charge in [0.05, 0.1) is 7.11 Å². The second-order valence-electron chi connectivity index (χ2n) is 5.13. The summed E-state index contributed by atoms with van der Waals surface area (Å²) in [6, 6.07) is -1.19. The molecule has 0 aromatic rings. The van der Waals surface area contributed by atoms with Gasteiger partial charge in [-0.1, -0.05) is 13.8 Å². The number of amides is 1. The van der Waals surface area contributed by atoms with Crippen molar-refractivity contribution in [1.29, 1.82) is 0 Å². The van der Waals surface area contributed by atoms with Crippen LogP contribution in [0.4, 0.5) is 0 Å². The lowest BCUT2D eigenvalue weighted by atomic mass is 10.0. The first kappa shape index (κ1) is 23.0. The number of carbonyl (C=O) groups is 3. The van der Waals surface area contributed by atoms with E-state index in [1.165, 1.54) is 14.0 Å². The zero-order chi connectivity index (χ0) is 17.7. The van der Waals surface area contributed by atoms with Gasteiger partial charge < -0.3 is 20.9 Å². The van der Waals surface area contributed by atoms with Crippen LogP contribution in [0, 0.1) is 5.92 Å². The first-order valence-electron chi connectivity index (χ1n) is 6.97. The summed E-state index contributed by atoms with van der Waals surface area (Å²) < 4.78 is 4.44. The molecule has 0 fully saturated rings. The molecular weight excluding hydrogens is 308 g/mol. The van der Waals surface area contributed by atoms with Crippen molar-refractivity contribution >= 4 is 29.6 Å². The van der Waals surface area contributed by atoms with E-state index >= 15 is 0 Å². The molecule has 0 radical (unpaired) electrons. The highest BCUT2D eigenvalue weighted by atomic mass is 32.2. The number of carboxylic acids is 1. The molecule has 0 aliphatic carbocycles. The summed E-state index contributed by atoms with van der Waals surface area (Å²) in [6.07, 6.45) is 3.13. The lowest BCUT2D eigenvalue weighted by Gasteiger charge is -2.14. The second kappa shape index (κ2) is 13.4. The van der Waals surface area contributed by atoms with Crippen molar-refractivity contribution in [3.05, 3.63) is 0 Å². The number of nitrogens with one attached hydrogen (secondary N) is 1. The van der Waals surface area contributed by atoms with Crippen LogP contribution >= 0.6 is 11.8 Å². The predicted molar refractivity (Wildman–Crippen MR) is 87.7 cm³/mol. The summed E-state index contributed by atoms with van der Waals surface area (Å²) in [5, 5.41) is 11.0. The Morgan fingerprint density at radius 1 is 1.32 bits per heavy atom. The fourth-order valence-electron chi connectivity index (χ4n) is 1.45. The maximum absolute atomic E-state index is 10.7. The average molecular weight is 336 g/mol. The second-order valence-corrected chi connectivity index (χ2v) is 6.12. The quantitative estimate of drug-likeness (QED) is 0.562. The van der Waals surface area contributed by atoms with Crippen LogP contribution in [0.15, 0.2) is 0 Å². The van der Waals surface area contributed by atoms with Crippen molar-refractivity contribution in [3.8, 4) is 0 Å². The highest BCUT2D eigenvalue weighted by Gasteiger charge is 2.18. The van der Waals surface area contributed by atoms with E-state index in [1.807, 2.05) is 20.1 Å². The van der Waals surface area contributed by atoms with Crippen LogP contribution in [0.5, 0.6) is 0 Å². The average Bonchev–Trinajstić information content (AvgIpc) is 2.42. The van der Waals surface area contributed by atoms with Crippen LogP contribution < -0.4 is 11.1 Å². The third-order valence-corrected chi connectivity index (χ3v) is 3.16. The molecular formula is C14H28N2O5S. The van der Waals surface area contributed by atoms with Gasteiger partial charge in [-0.3, -0.25) is 9.59 Å². The van der Waals surface area contributed by atoms with Gasteiger partial charge in [0.2, 0.25) is 5.91 Å². The highest BCUT2D eigenvalue weighted by molar-refractivity contribution is 7.98. The van der Waals surface area contributed by atoms with Crippen molar-refractivity contribution < 1.29 is 24.2 Å². The van der Waals surface area contributed by atoms with Crippen molar-refractivity contribution in [2.24, 2.45) is 11.7 Å². The number of thioether (sulfide) groups is 1. The molecule has 0 saturated carbocycles. The van der Waals surface area contributed by atoms with Gasteiger partial charge in [-0.05, 0) is 30.8 Å². The van der Waals surface area contributed by atoms with Gasteiger partial charge >= 0.3 is 11.9 Å². The Hall–Kier alpha value is -1.28. The molecule has 22 heavy (non-hydrogen) atoms. The fraction of sp³-hybridized carbons (Fsp3) is 0.786. The van der Waals surface area contributed by atoms with Crippen LogP contribution in [0.25, 0.3) is 0 Å². The molecule has 130 valence electrons. The third kappa shape index (κ3) is 13.7. The van der Waals surface area contributed by atoms with Crippen LogP contribution in [-0.4, -0.2) is 54.2 Å². The van der Waals surface area contributed by atoms with E-state index in [9.17, 15) is 14.4 Å². The van der Waals surface area contributed by atoms with Gasteiger partial charge in [-0.2, -0.15) is 11.8 Å². The van der Waals surface area contributed by atoms with Gasteiger partial charge in [0.25, 0.3) is 0 Å². The number of aliphatic carboxylic acids is 1. The Morgan fingerprint density at radius 3 is 2.18 bits per heavy atom. The smallest absolute Gasteiger partial charge is 0.326 e. The molecule has 1 amide bonds. The normalized spacial score (nSPS) is 12.7. The minimum atomic E-state index is -0.973. The molecule has 0 heterocycles. The first-order valence-corrected chi connectivity index (χ1v) is 8.37. The zero-order valence-corrected chi connectivity index (χ0v) is 14.7. The van der Waals surface area contributed by atoms with Crippen LogP contribution in [0.1, 0.15) is 33.6 Å². The molecule has 0 aromatic heterocycles. The fourth-order valence-corrected chi connectivity index (χ4v) is 1.94. The summed E-state index contributed by atoms with van der Waals surface area (Å²) in [6.45, 7) is 5.14. The summed E-state index contributed by atoms with van der Waals surface area (Å²) in [5.41, 5.74) is 5.43. The number of rotatable bonds is 8. The zero-order valence-electron chi connectivity index (χ0n) is 13.9. The SMILES string of the molecule is CC(=O)N[C@@H](CC(C)C)C(=O)O.COC(=O)[C@@H](N)CCSC. The maximum Gasteiger partial charge on any atom is 0.326 e. The summed E-state index contributed by atoms with van der Waals surface area (Å²) in [4.78, 5) is 31.8. The van der Waals surface area contributed by atoms with Crippen LogP contribution in [0.3, 0.4) is 0 Å². The lowest BCUT2D eigenvalue weighted by Crippen LogP contribution is -2.40. The van der Waals surface area contributed by atoms with E-state index in [0.717, 1.165) is 5.75 Å². The van der Waals surface area contributed by atoms with Crippen molar-refractivity contribution in [2.45, 2.75) is 45.7 Å². The molecule has 0 aromatic carbocycles. The molecule has 0 rings (SSSR count). The van der Waals surface area contributed by atoms with E-state index in [0.29, 0.717) is 12.8 Å². The molecule has 0 saturated heterocycles. The highest BCUT2D eigenvalue weighted by Crippen LogP contribution is 2.04. The van der Waals surface area contributed by atoms with E-state index in [2.05, 4.69) is 10.1 Å². The largest absolute Gasteiger partial charge is 0.480 e. The van der Waals surface area contributed by atoms with Gasteiger partial charge in [0, 0.05) is 6.92 Å². The first-order chi connectivity index (χ1) is 10.1. The Kier molecular flexibility index (Phi) is 14.0. The van der Waals surface area contributed by atoms with Crippen molar-refractivity contribution in [3.63, 3.8) is 0 Å². The monoisotopic (exact) mass is 336 g/mol. The minimum absolute atomic E-state index is 0.262. The van der Waals surface area contributed by atoms with Gasteiger partial charge in [-0.15, -0.1) is 0 Å². The lowest BCUT2D eigenvalue weighted by molar-refractivity contribution is -0.142. The van der Waals surface area contributed by atoms with E-state index in [-0.39, 0.29) is 17.8 Å². The van der Waals surface area contributed by atoms with E-state index in [1.54, 1.807) is 11.8 Å². The number of esters is 1.